The number of carbonyl (C=O) groups excluding carboxylic acids is 2. The zero-order valence-corrected chi connectivity index (χ0v) is 14.9. The molecule has 2 N–H and O–H groups in total. The van der Waals surface area contributed by atoms with Gasteiger partial charge in [0.25, 0.3) is 0 Å². The van der Waals surface area contributed by atoms with Gasteiger partial charge in [-0.05, 0) is 30.2 Å². The van der Waals surface area contributed by atoms with Crippen molar-refractivity contribution in [1.29, 1.82) is 0 Å². The van der Waals surface area contributed by atoms with E-state index in [4.69, 9.17) is 23.2 Å². The van der Waals surface area contributed by atoms with E-state index in [-0.39, 0.29) is 5.92 Å². The summed E-state index contributed by atoms with van der Waals surface area (Å²) in [6.07, 6.45) is -0.676. The molecule has 1 heterocycles. The Hall–Kier alpha value is -2.05. The molecule has 2 aromatic rings. The summed E-state index contributed by atoms with van der Waals surface area (Å²) >= 11 is 12.2. The summed E-state index contributed by atoms with van der Waals surface area (Å²) in [7, 11) is 1.24. The van der Waals surface area contributed by atoms with Crippen LogP contribution in [0, 0.1) is 5.92 Å². The third kappa shape index (κ3) is 4.07. The van der Waals surface area contributed by atoms with Gasteiger partial charge in [-0.25, -0.2) is 9.78 Å². The Bertz CT molecular complexity index is 780. The molecule has 0 fully saturated rings. The standard InChI is InChI=1S/C16H17Cl2N3O3/c1-8(2)13(21-16(23)24-3)15(22)20-12-7-4-9-10(17)5-6-11(18)14(9)19-12/h4-8,13H,1-3H3,(H,21,23)(H,19,20,22)/t13-/m1/s1. The fourth-order valence-corrected chi connectivity index (χ4v) is 2.57. The van der Waals surface area contributed by atoms with Gasteiger partial charge in [0, 0.05) is 5.39 Å². The third-order valence-corrected chi connectivity index (χ3v) is 4.05. The molecule has 24 heavy (non-hydrogen) atoms. The Morgan fingerprint density at radius 3 is 2.42 bits per heavy atom. The molecule has 6 nitrogen and oxygen atoms in total. The van der Waals surface area contributed by atoms with Crippen molar-refractivity contribution in [2.75, 3.05) is 12.4 Å². The number of alkyl carbamates (subject to hydrolysis) is 1. The van der Waals surface area contributed by atoms with E-state index < -0.39 is 18.0 Å². The van der Waals surface area contributed by atoms with Crippen LogP contribution in [0.3, 0.4) is 0 Å². The highest BCUT2D eigenvalue weighted by Gasteiger charge is 2.25. The van der Waals surface area contributed by atoms with Gasteiger partial charge < -0.3 is 15.4 Å². The smallest absolute Gasteiger partial charge is 0.407 e. The van der Waals surface area contributed by atoms with E-state index in [2.05, 4.69) is 20.4 Å². The van der Waals surface area contributed by atoms with Gasteiger partial charge >= 0.3 is 6.09 Å². The summed E-state index contributed by atoms with van der Waals surface area (Å²) in [5.74, 6) is -0.225. The first kappa shape index (κ1) is 18.3. The lowest BCUT2D eigenvalue weighted by Crippen LogP contribution is -2.47. The predicted molar refractivity (Wildman–Crippen MR) is 94.6 cm³/mol. The van der Waals surface area contributed by atoms with Crippen LogP contribution in [-0.4, -0.2) is 30.1 Å². The van der Waals surface area contributed by atoms with Crippen LogP contribution in [0.2, 0.25) is 10.0 Å². The second-order valence-corrected chi connectivity index (χ2v) is 6.28. The Morgan fingerprint density at radius 1 is 1.12 bits per heavy atom. The molecule has 1 aromatic heterocycles. The number of anilines is 1. The van der Waals surface area contributed by atoms with E-state index in [1.54, 1.807) is 24.3 Å². The Morgan fingerprint density at radius 2 is 1.79 bits per heavy atom. The van der Waals surface area contributed by atoms with Gasteiger partial charge in [0.15, 0.2) is 0 Å². The molecule has 128 valence electrons. The maximum Gasteiger partial charge on any atom is 0.407 e. The van der Waals surface area contributed by atoms with Crippen molar-refractivity contribution < 1.29 is 14.3 Å². The number of methoxy groups -OCH3 is 1. The number of rotatable bonds is 4. The van der Waals surface area contributed by atoms with E-state index in [0.29, 0.717) is 26.8 Å². The van der Waals surface area contributed by atoms with Gasteiger partial charge in [0.2, 0.25) is 5.91 Å². The average molecular weight is 370 g/mol. The first-order valence-electron chi connectivity index (χ1n) is 7.23. The first-order valence-corrected chi connectivity index (χ1v) is 7.99. The molecule has 0 saturated heterocycles. The minimum absolute atomic E-state index is 0.136. The van der Waals surface area contributed by atoms with Crippen molar-refractivity contribution in [1.82, 2.24) is 10.3 Å². The highest BCUT2D eigenvalue weighted by Crippen LogP contribution is 2.29. The second kappa shape index (κ2) is 7.68. The van der Waals surface area contributed by atoms with Gasteiger partial charge in [0.05, 0.1) is 22.7 Å². The summed E-state index contributed by atoms with van der Waals surface area (Å²) in [6, 6.07) is 5.91. The molecular formula is C16H17Cl2N3O3. The van der Waals surface area contributed by atoms with Gasteiger partial charge in [-0.3, -0.25) is 4.79 Å². The Kier molecular flexibility index (Phi) is 5.85. The fourth-order valence-electron chi connectivity index (χ4n) is 2.14. The molecule has 2 rings (SSSR count). The number of hydrogen-bond donors (Lipinski definition) is 2. The molecule has 0 saturated carbocycles. The van der Waals surface area contributed by atoms with Crippen LogP contribution in [0.25, 0.3) is 10.9 Å². The van der Waals surface area contributed by atoms with Crippen LogP contribution in [-0.2, 0) is 9.53 Å². The SMILES string of the molecule is COC(=O)N[C@@H](C(=O)Nc1ccc2c(Cl)ccc(Cl)c2n1)C(C)C. The van der Waals surface area contributed by atoms with Gasteiger partial charge in [-0.15, -0.1) is 0 Å². The number of ether oxygens (including phenoxy) is 1. The monoisotopic (exact) mass is 369 g/mol. The third-order valence-electron chi connectivity index (χ3n) is 3.41. The first-order chi connectivity index (χ1) is 11.3. The maximum atomic E-state index is 12.4. The van der Waals surface area contributed by atoms with Crippen molar-refractivity contribution in [2.24, 2.45) is 5.92 Å². The van der Waals surface area contributed by atoms with Crippen LogP contribution in [0.4, 0.5) is 10.6 Å². The molecule has 1 aromatic carbocycles. The highest BCUT2D eigenvalue weighted by molar-refractivity contribution is 6.39. The topological polar surface area (TPSA) is 80.3 Å². The zero-order chi connectivity index (χ0) is 17.9. The van der Waals surface area contributed by atoms with E-state index in [0.717, 1.165) is 0 Å². The number of benzene rings is 1. The van der Waals surface area contributed by atoms with E-state index >= 15 is 0 Å². The summed E-state index contributed by atoms with van der Waals surface area (Å²) in [5.41, 5.74) is 0.490. The number of fused-ring (bicyclic) bond motifs is 1. The highest BCUT2D eigenvalue weighted by atomic mass is 35.5. The second-order valence-electron chi connectivity index (χ2n) is 5.47. The number of carbonyl (C=O) groups is 2. The Balaban J connectivity index is 2.26. The summed E-state index contributed by atoms with van der Waals surface area (Å²) in [5, 5.41) is 6.81. The van der Waals surface area contributed by atoms with Gasteiger partial charge in [-0.1, -0.05) is 37.0 Å². The minimum atomic E-state index is -0.759. The largest absolute Gasteiger partial charge is 0.453 e. The lowest BCUT2D eigenvalue weighted by Gasteiger charge is -2.20. The molecule has 8 heteroatoms. The molecule has 2 amide bonds. The number of nitrogens with zero attached hydrogens (tertiary/aromatic N) is 1. The molecule has 0 aliphatic heterocycles. The lowest BCUT2D eigenvalue weighted by molar-refractivity contribution is -0.119. The van der Waals surface area contributed by atoms with Gasteiger partial charge in [0.1, 0.15) is 11.9 Å². The average Bonchev–Trinajstić information content (AvgIpc) is 2.55. The number of amides is 2. The molecule has 0 aliphatic rings. The van der Waals surface area contributed by atoms with Gasteiger partial charge in [-0.2, -0.15) is 0 Å². The van der Waals surface area contributed by atoms with Crippen LogP contribution in [0.15, 0.2) is 24.3 Å². The maximum absolute atomic E-state index is 12.4. The number of aromatic nitrogens is 1. The normalized spacial score (nSPS) is 12.1. The van der Waals surface area contributed by atoms with Crippen molar-refractivity contribution in [3.8, 4) is 0 Å². The van der Waals surface area contributed by atoms with Crippen LogP contribution in [0.1, 0.15) is 13.8 Å². The number of nitrogens with one attached hydrogen (secondary N) is 2. The molecule has 0 aliphatic carbocycles. The van der Waals surface area contributed by atoms with E-state index in [1.807, 2.05) is 13.8 Å². The Labute approximate surface area is 149 Å². The molecule has 1 atom stereocenters. The molecule has 0 radical (unpaired) electrons. The molecule has 0 spiro atoms. The fraction of sp³-hybridized carbons (Fsp3) is 0.312. The van der Waals surface area contributed by atoms with E-state index in [9.17, 15) is 9.59 Å². The predicted octanol–water partition coefficient (Wildman–Crippen LogP) is 3.86. The molecule has 0 unspecified atom stereocenters. The number of halogens is 2. The van der Waals surface area contributed by atoms with Crippen molar-refractivity contribution in [3.05, 3.63) is 34.3 Å². The van der Waals surface area contributed by atoms with Crippen LogP contribution < -0.4 is 10.6 Å². The summed E-state index contributed by atoms with van der Waals surface area (Å²) in [4.78, 5) is 28.1. The van der Waals surface area contributed by atoms with Crippen LogP contribution in [0.5, 0.6) is 0 Å². The molecule has 0 bridgehead atoms. The van der Waals surface area contributed by atoms with Crippen molar-refractivity contribution in [3.63, 3.8) is 0 Å². The molecular weight excluding hydrogens is 353 g/mol. The number of hydrogen-bond acceptors (Lipinski definition) is 4. The van der Waals surface area contributed by atoms with E-state index in [1.165, 1.54) is 7.11 Å². The lowest BCUT2D eigenvalue weighted by atomic mass is 10.0. The minimum Gasteiger partial charge on any atom is -0.453 e. The van der Waals surface area contributed by atoms with Crippen molar-refractivity contribution in [2.45, 2.75) is 19.9 Å². The summed E-state index contributed by atoms with van der Waals surface area (Å²) < 4.78 is 4.54. The zero-order valence-electron chi connectivity index (χ0n) is 13.4. The van der Waals surface area contributed by atoms with Crippen molar-refractivity contribution >= 4 is 51.9 Å². The summed E-state index contributed by atoms with van der Waals surface area (Å²) in [6.45, 7) is 3.62. The van der Waals surface area contributed by atoms with Crippen LogP contribution >= 0.6 is 23.2 Å². The quantitative estimate of drug-likeness (QED) is 0.857. The number of pyridine rings is 1.